The molecule has 51 heavy (non-hydrogen) atoms. The zero-order chi connectivity index (χ0) is 36.3. The van der Waals surface area contributed by atoms with Gasteiger partial charge in [-0.25, -0.2) is 4.79 Å². The van der Waals surface area contributed by atoms with Crippen molar-refractivity contribution in [2.24, 2.45) is 7.05 Å². The van der Waals surface area contributed by atoms with Crippen LogP contribution in [0, 0.1) is 0 Å². The number of sulfonamides is 1. The van der Waals surface area contributed by atoms with Gasteiger partial charge in [-0.3, -0.25) is 14.7 Å². The fraction of sp³-hybridized carbons (Fsp3) is 0.265. The molecule has 4 heterocycles. The molecule has 268 valence electrons. The van der Waals surface area contributed by atoms with Crippen molar-refractivity contribution >= 4 is 49.8 Å². The van der Waals surface area contributed by atoms with Crippen molar-refractivity contribution in [3.63, 3.8) is 0 Å². The minimum absolute atomic E-state index is 0.0912. The fourth-order valence-electron chi connectivity index (χ4n) is 5.59. The van der Waals surface area contributed by atoms with Gasteiger partial charge in [-0.05, 0) is 59.5 Å². The van der Waals surface area contributed by atoms with E-state index in [-0.39, 0.29) is 32.9 Å². The van der Waals surface area contributed by atoms with Crippen LogP contribution in [-0.2, 0) is 28.4 Å². The lowest BCUT2D eigenvalue weighted by molar-refractivity contribution is -0.153. The zero-order valence-electron chi connectivity index (χ0n) is 27.4. The highest BCUT2D eigenvalue weighted by Crippen LogP contribution is 2.32. The van der Waals surface area contributed by atoms with Crippen LogP contribution < -0.4 is 14.0 Å². The van der Waals surface area contributed by atoms with Gasteiger partial charge < -0.3 is 23.8 Å². The first-order chi connectivity index (χ1) is 24.3. The molecule has 0 bridgehead atoms. The highest BCUT2D eigenvalue weighted by molar-refractivity contribution is 7.92. The van der Waals surface area contributed by atoms with Gasteiger partial charge in [0.25, 0.3) is 15.9 Å². The minimum Gasteiger partial charge on any atom is -0.484 e. The van der Waals surface area contributed by atoms with Crippen LogP contribution in [0.5, 0.6) is 11.5 Å². The Morgan fingerprint density at radius 3 is 2.37 bits per heavy atom. The first-order valence-corrected chi connectivity index (χ1v) is 17.8. The lowest BCUT2D eigenvalue weighted by atomic mass is 10.2. The van der Waals surface area contributed by atoms with Gasteiger partial charge in [0.05, 0.1) is 18.8 Å². The number of anilines is 1. The number of hydrogen-bond donors (Lipinski definition) is 0. The van der Waals surface area contributed by atoms with E-state index in [1.165, 1.54) is 42.0 Å². The summed E-state index contributed by atoms with van der Waals surface area (Å²) in [5, 5.41) is 2.20. The number of thiophene rings is 1. The normalized spacial score (nSPS) is 14.0. The molecule has 0 aliphatic carbocycles. The number of carbonyl (C=O) groups excluding carboxylic acids is 2. The number of esters is 1. The summed E-state index contributed by atoms with van der Waals surface area (Å²) in [5.74, 6) is -0.679. The monoisotopic (exact) mass is 743 g/mol. The number of ether oxygens (including phenoxy) is 2. The Bertz CT molecular complexity index is 2130. The van der Waals surface area contributed by atoms with Gasteiger partial charge in [0.2, 0.25) is 0 Å². The van der Waals surface area contributed by atoms with Crippen LogP contribution in [0.2, 0.25) is 0 Å². The summed E-state index contributed by atoms with van der Waals surface area (Å²) in [5.41, 5.74) is 2.05. The van der Waals surface area contributed by atoms with Crippen LogP contribution in [0.25, 0.3) is 10.9 Å². The lowest BCUT2D eigenvalue weighted by Crippen LogP contribution is -2.48. The van der Waals surface area contributed by atoms with Crippen LogP contribution in [0.4, 0.5) is 18.9 Å². The van der Waals surface area contributed by atoms with E-state index in [4.69, 9.17) is 14.3 Å². The number of amides is 1. The molecule has 17 heteroatoms. The number of carbonyl (C=O) groups is 2. The zero-order valence-corrected chi connectivity index (χ0v) is 29.0. The van der Waals surface area contributed by atoms with Gasteiger partial charge in [-0.1, -0.05) is 16.6 Å². The molecule has 0 atom stereocenters. The van der Waals surface area contributed by atoms with E-state index in [0.29, 0.717) is 48.4 Å². The molecule has 3 aromatic heterocycles. The second-order valence-electron chi connectivity index (χ2n) is 11.6. The molecule has 1 saturated heterocycles. The van der Waals surface area contributed by atoms with E-state index >= 15 is 0 Å². The number of benzene rings is 2. The molecule has 0 saturated carbocycles. The molecule has 1 amide bonds. The lowest BCUT2D eigenvalue weighted by Gasteiger charge is -2.34. The standard InChI is InChI=1S/C34H32F3N5O7S2/c1-39-28-19-27(49-42(25-4-3-12-38-20-25)51(45,46)30-11-17-50-31(30)33(44)47-2)10-7-24(28)18-29(39)32(43)41-15-13-40(14-16-41)21-23-5-8-26(9-6-23)48-22-34(35,36)37/h3-12,17-20H,13-16,21-22H2,1-2H3. The fourth-order valence-corrected chi connectivity index (χ4v) is 8.14. The summed E-state index contributed by atoms with van der Waals surface area (Å²) < 4.78 is 77.1. The molecular formula is C34H32F3N5O7S2. The molecule has 1 aliphatic heterocycles. The number of methoxy groups -OCH3 is 1. The van der Waals surface area contributed by atoms with Crippen molar-refractivity contribution in [3.8, 4) is 11.5 Å². The van der Waals surface area contributed by atoms with Crippen LogP contribution >= 0.6 is 11.3 Å². The van der Waals surface area contributed by atoms with Gasteiger partial charge >= 0.3 is 12.1 Å². The maximum atomic E-state index is 13.9. The highest BCUT2D eigenvalue weighted by Gasteiger charge is 2.34. The van der Waals surface area contributed by atoms with Crippen molar-refractivity contribution in [2.45, 2.75) is 17.6 Å². The number of rotatable bonds is 11. The van der Waals surface area contributed by atoms with Crippen LogP contribution in [0.3, 0.4) is 0 Å². The Kier molecular flexibility index (Phi) is 10.2. The third-order valence-corrected chi connectivity index (χ3v) is 10.8. The predicted molar refractivity (Wildman–Crippen MR) is 182 cm³/mol. The molecule has 1 aliphatic rings. The predicted octanol–water partition coefficient (Wildman–Crippen LogP) is 5.51. The largest absolute Gasteiger partial charge is 0.484 e. The quantitative estimate of drug-likeness (QED) is 0.127. The molecule has 2 aromatic carbocycles. The maximum Gasteiger partial charge on any atom is 0.422 e. The number of pyridine rings is 1. The van der Waals surface area contributed by atoms with E-state index in [9.17, 15) is 31.2 Å². The molecule has 0 spiro atoms. The Hall–Kier alpha value is -5.13. The number of aryl methyl sites for hydroxylation is 1. The third kappa shape index (κ3) is 7.95. The summed E-state index contributed by atoms with van der Waals surface area (Å²) in [6.45, 7) is 1.35. The van der Waals surface area contributed by atoms with Crippen molar-refractivity contribution in [1.82, 2.24) is 19.4 Å². The Morgan fingerprint density at radius 2 is 1.71 bits per heavy atom. The van der Waals surface area contributed by atoms with Gasteiger partial charge in [0.15, 0.2) is 12.4 Å². The van der Waals surface area contributed by atoms with E-state index in [0.717, 1.165) is 29.4 Å². The van der Waals surface area contributed by atoms with Gasteiger partial charge in [0.1, 0.15) is 26.9 Å². The van der Waals surface area contributed by atoms with Crippen molar-refractivity contribution < 1.29 is 45.5 Å². The van der Waals surface area contributed by atoms with Crippen molar-refractivity contribution in [2.75, 3.05) is 44.4 Å². The van der Waals surface area contributed by atoms with Gasteiger partial charge in [0, 0.05) is 57.4 Å². The van der Waals surface area contributed by atoms with Crippen LogP contribution in [0.15, 0.2) is 89.4 Å². The Labute approximate surface area is 295 Å². The number of nitrogens with zero attached hydrogens (tertiary/aromatic N) is 5. The number of piperazine rings is 1. The summed E-state index contributed by atoms with van der Waals surface area (Å²) >= 11 is 0.925. The van der Waals surface area contributed by atoms with Crippen LogP contribution in [-0.4, -0.2) is 85.7 Å². The summed E-state index contributed by atoms with van der Waals surface area (Å²) in [4.78, 5) is 39.6. The van der Waals surface area contributed by atoms with Crippen LogP contribution in [0.1, 0.15) is 25.7 Å². The highest BCUT2D eigenvalue weighted by atomic mass is 32.2. The number of fused-ring (bicyclic) bond motifs is 1. The molecule has 0 radical (unpaired) electrons. The van der Waals surface area contributed by atoms with Gasteiger partial charge in [-0.2, -0.15) is 21.6 Å². The summed E-state index contributed by atoms with van der Waals surface area (Å²) in [6.07, 6.45) is -1.61. The molecular weight excluding hydrogens is 712 g/mol. The van der Waals surface area contributed by atoms with E-state index < -0.39 is 28.8 Å². The number of hydrogen-bond acceptors (Lipinski definition) is 10. The molecule has 6 rings (SSSR count). The number of halogens is 3. The Balaban J connectivity index is 1.15. The average molecular weight is 744 g/mol. The molecule has 5 aromatic rings. The minimum atomic E-state index is -4.45. The topological polar surface area (TPSA) is 124 Å². The van der Waals surface area contributed by atoms with E-state index in [2.05, 4.69) is 9.88 Å². The molecule has 0 N–H and O–H groups in total. The SMILES string of the molecule is COC(=O)c1sccc1S(=O)(=O)N(Oc1ccc2cc(C(=O)N3CCN(Cc4ccc(OCC(F)(F)F)cc4)CC3)n(C)c2c1)c1cccnc1. The number of aromatic nitrogens is 2. The summed E-state index contributed by atoms with van der Waals surface area (Å²) in [6, 6.07) is 17.5. The van der Waals surface area contributed by atoms with Crippen molar-refractivity contribution in [1.29, 1.82) is 0 Å². The third-order valence-electron chi connectivity index (χ3n) is 8.17. The first kappa shape index (κ1) is 35.7. The first-order valence-electron chi connectivity index (χ1n) is 15.5. The average Bonchev–Trinajstić information content (AvgIpc) is 3.76. The smallest absolute Gasteiger partial charge is 0.422 e. The molecule has 1 fully saturated rings. The van der Waals surface area contributed by atoms with Crippen molar-refractivity contribution in [3.05, 3.63) is 101 Å². The summed E-state index contributed by atoms with van der Waals surface area (Å²) in [7, 11) is -1.55. The molecule has 12 nitrogen and oxygen atoms in total. The second-order valence-corrected chi connectivity index (χ2v) is 14.2. The maximum absolute atomic E-state index is 13.9. The van der Waals surface area contributed by atoms with E-state index in [1.807, 2.05) is 0 Å². The van der Waals surface area contributed by atoms with Gasteiger partial charge in [-0.15, -0.1) is 11.3 Å². The second kappa shape index (κ2) is 14.6. The number of alkyl halides is 3. The molecule has 0 unspecified atom stereocenters. The Morgan fingerprint density at radius 1 is 0.980 bits per heavy atom. The van der Waals surface area contributed by atoms with E-state index in [1.54, 1.807) is 59.0 Å².